The molecular formula is C11H15N3OS. The Hall–Kier alpha value is -1.62. The van der Waals surface area contributed by atoms with Crippen molar-refractivity contribution in [2.75, 3.05) is 5.32 Å². The van der Waals surface area contributed by atoms with Gasteiger partial charge in [0, 0.05) is 17.3 Å². The van der Waals surface area contributed by atoms with E-state index in [1.807, 2.05) is 19.9 Å². The zero-order valence-electron chi connectivity index (χ0n) is 9.28. The molecule has 5 heteroatoms. The Bertz CT molecular complexity index is 404. The average molecular weight is 237 g/mol. The van der Waals surface area contributed by atoms with Gasteiger partial charge in [0.2, 0.25) is 5.91 Å². The van der Waals surface area contributed by atoms with Gasteiger partial charge in [0.25, 0.3) is 0 Å². The molecule has 0 aliphatic rings. The summed E-state index contributed by atoms with van der Waals surface area (Å²) in [4.78, 5) is 11.0. The Labute approximate surface area is 100 Å². The number of carbonyl (C=O) groups excluding carboxylic acids is 1. The summed E-state index contributed by atoms with van der Waals surface area (Å²) in [6.07, 6.45) is 0. The Morgan fingerprint density at radius 3 is 2.69 bits per heavy atom. The molecule has 0 unspecified atom stereocenters. The molecule has 1 rings (SSSR count). The SMILES string of the molecule is CC(C)NC(=S)Nc1cccc(C(N)=O)c1. The third-order valence-corrected chi connectivity index (χ3v) is 2.04. The highest BCUT2D eigenvalue weighted by Gasteiger charge is 2.03. The molecule has 0 aliphatic carbocycles. The van der Waals surface area contributed by atoms with Crippen LogP contribution in [-0.2, 0) is 0 Å². The van der Waals surface area contributed by atoms with Crippen molar-refractivity contribution in [1.82, 2.24) is 5.32 Å². The Balaban J connectivity index is 2.70. The van der Waals surface area contributed by atoms with Gasteiger partial charge >= 0.3 is 0 Å². The summed E-state index contributed by atoms with van der Waals surface area (Å²) in [5.74, 6) is -0.452. The molecule has 0 bridgehead atoms. The predicted octanol–water partition coefficient (Wildman–Crippen LogP) is 1.48. The molecular weight excluding hydrogens is 222 g/mol. The van der Waals surface area contributed by atoms with Gasteiger partial charge in [-0.05, 0) is 44.3 Å². The first-order valence-electron chi connectivity index (χ1n) is 4.96. The van der Waals surface area contributed by atoms with Crippen LogP contribution in [0.2, 0.25) is 0 Å². The number of thiocarbonyl (C=S) groups is 1. The van der Waals surface area contributed by atoms with Crippen LogP contribution in [0.4, 0.5) is 5.69 Å². The van der Waals surface area contributed by atoms with Gasteiger partial charge in [-0.1, -0.05) is 6.07 Å². The largest absolute Gasteiger partial charge is 0.366 e. The summed E-state index contributed by atoms with van der Waals surface area (Å²) in [6.45, 7) is 3.99. The number of carbonyl (C=O) groups is 1. The maximum absolute atomic E-state index is 11.0. The molecule has 4 N–H and O–H groups in total. The molecule has 4 nitrogen and oxygen atoms in total. The number of nitrogens with one attached hydrogen (secondary N) is 2. The van der Waals surface area contributed by atoms with E-state index in [1.165, 1.54) is 0 Å². The lowest BCUT2D eigenvalue weighted by molar-refractivity contribution is 0.100. The Morgan fingerprint density at radius 2 is 2.12 bits per heavy atom. The van der Waals surface area contributed by atoms with Crippen LogP contribution < -0.4 is 16.4 Å². The molecule has 0 atom stereocenters. The zero-order valence-corrected chi connectivity index (χ0v) is 10.1. The predicted molar refractivity (Wildman–Crippen MR) is 69.5 cm³/mol. The van der Waals surface area contributed by atoms with Gasteiger partial charge in [0.15, 0.2) is 5.11 Å². The summed E-state index contributed by atoms with van der Waals surface area (Å²) >= 11 is 5.08. The molecule has 1 aromatic carbocycles. The monoisotopic (exact) mass is 237 g/mol. The van der Waals surface area contributed by atoms with E-state index in [1.54, 1.807) is 18.2 Å². The molecule has 0 saturated carbocycles. The summed E-state index contributed by atoms with van der Waals surface area (Å²) in [5, 5.41) is 6.55. The van der Waals surface area contributed by atoms with Gasteiger partial charge in [-0.25, -0.2) is 0 Å². The van der Waals surface area contributed by atoms with Crippen LogP contribution in [0, 0.1) is 0 Å². The van der Waals surface area contributed by atoms with Crippen molar-refractivity contribution in [2.24, 2.45) is 5.73 Å². The van der Waals surface area contributed by atoms with Crippen LogP contribution >= 0.6 is 12.2 Å². The van der Waals surface area contributed by atoms with E-state index in [0.29, 0.717) is 10.7 Å². The minimum Gasteiger partial charge on any atom is -0.366 e. The van der Waals surface area contributed by atoms with Crippen molar-refractivity contribution in [3.63, 3.8) is 0 Å². The average Bonchev–Trinajstić information content (AvgIpc) is 2.16. The van der Waals surface area contributed by atoms with Crippen LogP contribution in [0.15, 0.2) is 24.3 Å². The van der Waals surface area contributed by atoms with E-state index < -0.39 is 5.91 Å². The van der Waals surface area contributed by atoms with Crippen molar-refractivity contribution >= 4 is 28.9 Å². The smallest absolute Gasteiger partial charge is 0.248 e. The highest BCUT2D eigenvalue weighted by atomic mass is 32.1. The number of nitrogens with two attached hydrogens (primary N) is 1. The van der Waals surface area contributed by atoms with Gasteiger partial charge in [0.1, 0.15) is 0 Å². The standard InChI is InChI=1S/C11H15N3OS/c1-7(2)13-11(16)14-9-5-3-4-8(6-9)10(12)15/h3-7H,1-2H3,(H2,12,15)(H2,13,14,16). The fraction of sp³-hybridized carbons (Fsp3) is 0.273. The molecule has 16 heavy (non-hydrogen) atoms. The second-order valence-corrected chi connectivity index (χ2v) is 4.11. The van der Waals surface area contributed by atoms with Crippen molar-refractivity contribution < 1.29 is 4.79 Å². The summed E-state index contributed by atoms with van der Waals surface area (Å²) in [7, 11) is 0. The molecule has 0 aliphatic heterocycles. The van der Waals surface area contributed by atoms with E-state index in [4.69, 9.17) is 18.0 Å². The van der Waals surface area contributed by atoms with Crippen LogP contribution in [0.3, 0.4) is 0 Å². The van der Waals surface area contributed by atoms with Gasteiger partial charge < -0.3 is 16.4 Å². The van der Waals surface area contributed by atoms with Crippen molar-refractivity contribution in [1.29, 1.82) is 0 Å². The highest BCUT2D eigenvalue weighted by Crippen LogP contribution is 2.09. The second kappa shape index (κ2) is 5.46. The minimum absolute atomic E-state index is 0.263. The molecule has 0 heterocycles. The van der Waals surface area contributed by atoms with Crippen molar-refractivity contribution in [3.8, 4) is 0 Å². The molecule has 0 fully saturated rings. The Kier molecular flexibility index (Phi) is 4.25. The van der Waals surface area contributed by atoms with Crippen molar-refractivity contribution in [2.45, 2.75) is 19.9 Å². The van der Waals surface area contributed by atoms with Crippen molar-refractivity contribution in [3.05, 3.63) is 29.8 Å². The first-order valence-corrected chi connectivity index (χ1v) is 5.37. The van der Waals surface area contributed by atoms with E-state index in [9.17, 15) is 4.79 Å². The lowest BCUT2D eigenvalue weighted by Gasteiger charge is -2.13. The molecule has 1 aromatic rings. The topological polar surface area (TPSA) is 67.2 Å². The number of amides is 1. The fourth-order valence-electron chi connectivity index (χ4n) is 1.18. The lowest BCUT2D eigenvalue weighted by Crippen LogP contribution is -2.33. The van der Waals surface area contributed by atoms with Gasteiger partial charge in [-0.3, -0.25) is 4.79 Å². The number of hydrogen-bond donors (Lipinski definition) is 3. The third-order valence-electron chi connectivity index (χ3n) is 1.82. The number of anilines is 1. The molecule has 0 spiro atoms. The Morgan fingerprint density at radius 1 is 1.44 bits per heavy atom. The number of primary amides is 1. The number of benzene rings is 1. The molecule has 0 radical (unpaired) electrons. The van der Waals surface area contributed by atoms with Crippen LogP contribution in [0.25, 0.3) is 0 Å². The van der Waals surface area contributed by atoms with Gasteiger partial charge in [-0.2, -0.15) is 0 Å². The number of rotatable bonds is 3. The fourth-order valence-corrected chi connectivity index (χ4v) is 1.53. The third kappa shape index (κ3) is 3.86. The second-order valence-electron chi connectivity index (χ2n) is 3.70. The molecule has 86 valence electrons. The number of hydrogen-bond acceptors (Lipinski definition) is 2. The first-order chi connectivity index (χ1) is 7.49. The van der Waals surface area contributed by atoms with E-state index in [-0.39, 0.29) is 6.04 Å². The molecule has 0 aromatic heterocycles. The quantitative estimate of drug-likeness (QED) is 0.697. The molecule has 1 amide bonds. The maximum Gasteiger partial charge on any atom is 0.248 e. The lowest BCUT2D eigenvalue weighted by atomic mass is 10.2. The van der Waals surface area contributed by atoms with Gasteiger partial charge in [0.05, 0.1) is 0 Å². The van der Waals surface area contributed by atoms with Crippen LogP contribution in [0.1, 0.15) is 24.2 Å². The van der Waals surface area contributed by atoms with E-state index in [0.717, 1.165) is 5.69 Å². The first kappa shape index (κ1) is 12.4. The van der Waals surface area contributed by atoms with E-state index in [2.05, 4.69) is 10.6 Å². The zero-order chi connectivity index (χ0) is 12.1. The summed E-state index contributed by atoms with van der Waals surface area (Å²) in [5.41, 5.74) is 6.38. The maximum atomic E-state index is 11.0. The van der Waals surface area contributed by atoms with Crippen LogP contribution in [0.5, 0.6) is 0 Å². The highest BCUT2D eigenvalue weighted by molar-refractivity contribution is 7.80. The minimum atomic E-state index is -0.452. The van der Waals surface area contributed by atoms with Crippen LogP contribution in [-0.4, -0.2) is 17.1 Å². The van der Waals surface area contributed by atoms with Gasteiger partial charge in [-0.15, -0.1) is 0 Å². The summed E-state index contributed by atoms with van der Waals surface area (Å²) in [6, 6.07) is 7.16. The normalized spacial score (nSPS) is 9.94. The molecule has 0 saturated heterocycles. The summed E-state index contributed by atoms with van der Waals surface area (Å²) < 4.78 is 0. The van der Waals surface area contributed by atoms with E-state index >= 15 is 0 Å².